The summed E-state index contributed by atoms with van der Waals surface area (Å²) in [6, 6.07) is 5.16. The van der Waals surface area contributed by atoms with E-state index in [1.165, 1.54) is 11.3 Å². The molecule has 3 rings (SSSR count). The van der Waals surface area contributed by atoms with Crippen molar-refractivity contribution in [1.82, 2.24) is 9.29 Å². The standard InChI is InChI=1S/C15H18N2O3S2/c1-11-9-13(20-2)5-6-14(11)22(18,19)17(12-3-4-12)10-15-16-7-8-21-15/h5-9,12H,3-4,10H2,1-2H3. The largest absolute Gasteiger partial charge is 0.497 e. The first-order valence-electron chi connectivity index (χ1n) is 7.07. The minimum absolute atomic E-state index is 0.0930. The maximum atomic E-state index is 13.0. The maximum absolute atomic E-state index is 13.0. The van der Waals surface area contributed by atoms with Crippen molar-refractivity contribution < 1.29 is 13.2 Å². The molecule has 1 aromatic carbocycles. The van der Waals surface area contributed by atoms with Crippen molar-refractivity contribution in [3.63, 3.8) is 0 Å². The number of sulfonamides is 1. The molecule has 1 saturated carbocycles. The molecule has 2 aromatic rings. The number of benzene rings is 1. The summed E-state index contributed by atoms with van der Waals surface area (Å²) in [6.07, 6.45) is 3.54. The number of ether oxygens (including phenoxy) is 1. The second-order valence-corrected chi connectivity index (χ2v) is 8.18. The van der Waals surface area contributed by atoms with Crippen molar-refractivity contribution in [2.45, 2.75) is 37.2 Å². The summed E-state index contributed by atoms with van der Waals surface area (Å²) < 4.78 is 32.8. The van der Waals surface area contributed by atoms with Crippen LogP contribution in [0, 0.1) is 6.92 Å². The van der Waals surface area contributed by atoms with E-state index in [1.807, 2.05) is 5.38 Å². The fraction of sp³-hybridized carbons (Fsp3) is 0.400. The molecule has 0 atom stereocenters. The van der Waals surface area contributed by atoms with Gasteiger partial charge in [-0.05, 0) is 43.5 Å². The first-order chi connectivity index (χ1) is 10.5. The van der Waals surface area contributed by atoms with Crippen LogP contribution in [0.2, 0.25) is 0 Å². The molecule has 0 unspecified atom stereocenters. The Morgan fingerprint density at radius 1 is 1.41 bits per heavy atom. The molecule has 0 aliphatic heterocycles. The van der Waals surface area contributed by atoms with Crippen molar-refractivity contribution in [1.29, 1.82) is 0 Å². The quantitative estimate of drug-likeness (QED) is 0.813. The molecule has 0 bridgehead atoms. The van der Waals surface area contributed by atoms with Crippen LogP contribution in [0.3, 0.4) is 0 Å². The molecule has 0 N–H and O–H groups in total. The Bertz CT molecular complexity index is 753. The minimum Gasteiger partial charge on any atom is -0.497 e. The molecule has 0 amide bonds. The first kappa shape index (κ1) is 15.5. The molecule has 1 aliphatic rings. The summed E-state index contributed by atoms with van der Waals surface area (Å²) in [5.74, 6) is 0.661. The Labute approximate surface area is 134 Å². The van der Waals surface area contributed by atoms with Gasteiger partial charge in [0.15, 0.2) is 0 Å². The number of aryl methyl sites for hydroxylation is 1. The average Bonchev–Trinajstić information content (AvgIpc) is 3.20. The highest BCUT2D eigenvalue weighted by molar-refractivity contribution is 7.89. The van der Waals surface area contributed by atoms with Gasteiger partial charge < -0.3 is 4.74 Å². The van der Waals surface area contributed by atoms with Gasteiger partial charge in [-0.3, -0.25) is 0 Å². The first-order valence-corrected chi connectivity index (χ1v) is 9.39. The van der Waals surface area contributed by atoms with E-state index in [0.29, 0.717) is 22.8 Å². The van der Waals surface area contributed by atoms with E-state index in [1.54, 1.807) is 42.7 Å². The monoisotopic (exact) mass is 338 g/mol. The van der Waals surface area contributed by atoms with Crippen molar-refractivity contribution >= 4 is 21.4 Å². The predicted octanol–water partition coefficient (Wildman–Crippen LogP) is 2.81. The number of hydrogen-bond donors (Lipinski definition) is 0. The van der Waals surface area contributed by atoms with Crippen LogP contribution in [0.4, 0.5) is 0 Å². The minimum atomic E-state index is -3.53. The Hall–Kier alpha value is -1.44. The lowest BCUT2D eigenvalue weighted by molar-refractivity contribution is 0.397. The third kappa shape index (κ3) is 3.02. The number of nitrogens with zero attached hydrogens (tertiary/aromatic N) is 2. The van der Waals surface area contributed by atoms with Gasteiger partial charge in [0.05, 0.1) is 18.6 Å². The van der Waals surface area contributed by atoms with Gasteiger partial charge in [0.2, 0.25) is 10.0 Å². The van der Waals surface area contributed by atoms with Crippen LogP contribution in [0.5, 0.6) is 5.75 Å². The van der Waals surface area contributed by atoms with Gasteiger partial charge in [0.1, 0.15) is 10.8 Å². The summed E-state index contributed by atoms with van der Waals surface area (Å²) >= 11 is 1.48. The Morgan fingerprint density at radius 3 is 2.73 bits per heavy atom. The molecular weight excluding hydrogens is 320 g/mol. The second kappa shape index (κ2) is 5.98. The van der Waals surface area contributed by atoms with Crippen molar-refractivity contribution in [2.75, 3.05) is 7.11 Å². The van der Waals surface area contributed by atoms with Crippen molar-refractivity contribution in [3.05, 3.63) is 40.3 Å². The third-order valence-electron chi connectivity index (χ3n) is 3.70. The van der Waals surface area contributed by atoms with Crippen LogP contribution in [0.25, 0.3) is 0 Å². The summed E-state index contributed by atoms with van der Waals surface area (Å²) in [6.45, 7) is 2.14. The van der Waals surface area contributed by atoms with E-state index in [2.05, 4.69) is 4.98 Å². The summed E-state index contributed by atoms with van der Waals surface area (Å²) in [4.78, 5) is 4.56. The molecule has 1 aliphatic carbocycles. The van der Waals surface area contributed by atoms with Gasteiger partial charge in [-0.25, -0.2) is 13.4 Å². The Kier molecular flexibility index (Phi) is 4.20. The molecule has 0 radical (unpaired) electrons. The van der Waals surface area contributed by atoms with E-state index >= 15 is 0 Å². The molecule has 7 heteroatoms. The topological polar surface area (TPSA) is 59.5 Å². The molecule has 5 nitrogen and oxygen atoms in total. The Morgan fingerprint density at radius 2 is 2.18 bits per heavy atom. The van der Waals surface area contributed by atoms with Crippen LogP contribution in [0.15, 0.2) is 34.7 Å². The van der Waals surface area contributed by atoms with Gasteiger partial charge in [0, 0.05) is 17.6 Å². The zero-order valence-corrected chi connectivity index (χ0v) is 14.2. The van der Waals surface area contributed by atoms with Crippen LogP contribution in [-0.4, -0.2) is 30.9 Å². The van der Waals surface area contributed by atoms with Gasteiger partial charge in [-0.1, -0.05) is 0 Å². The Balaban J connectivity index is 1.95. The third-order valence-corrected chi connectivity index (χ3v) is 6.52. The highest BCUT2D eigenvalue weighted by atomic mass is 32.2. The van der Waals surface area contributed by atoms with Crippen LogP contribution in [-0.2, 0) is 16.6 Å². The van der Waals surface area contributed by atoms with Crippen LogP contribution >= 0.6 is 11.3 Å². The summed E-state index contributed by atoms with van der Waals surface area (Å²) in [5, 5.41) is 2.69. The number of aromatic nitrogens is 1. The molecule has 1 fully saturated rings. The zero-order chi connectivity index (χ0) is 15.7. The lowest BCUT2D eigenvalue weighted by atomic mass is 10.2. The summed E-state index contributed by atoms with van der Waals surface area (Å²) in [7, 11) is -1.95. The van der Waals surface area contributed by atoms with E-state index in [4.69, 9.17) is 4.74 Å². The van der Waals surface area contributed by atoms with E-state index in [0.717, 1.165) is 17.8 Å². The van der Waals surface area contributed by atoms with Gasteiger partial charge in [-0.15, -0.1) is 11.3 Å². The van der Waals surface area contributed by atoms with Crippen LogP contribution < -0.4 is 4.74 Å². The normalized spacial score (nSPS) is 15.2. The second-order valence-electron chi connectivity index (χ2n) is 5.34. The molecule has 1 aromatic heterocycles. The average molecular weight is 338 g/mol. The predicted molar refractivity (Wildman–Crippen MR) is 85.6 cm³/mol. The molecule has 0 saturated heterocycles. The van der Waals surface area contributed by atoms with E-state index < -0.39 is 10.0 Å². The van der Waals surface area contributed by atoms with Crippen molar-refractivity contribution in [3.8, 4) is 5.75 Å². The number of rotatable bonds is 6. The van der Waals surface area contributed by atoms with Crippen LogP contribution in [0.1, 0.15) is 23.4 Å². The molecule has 1 heterocycles. The number of thiazole rings is 1. The lowest BCUT2D eigenvalue weighted by Gasteiger charge is -2.22. The highest BCUT2D eigenvalue weighted by Gasteiger charge is 2.39. The van der Waals surface area contributed by atoms with E-state index in [9.17, 15) is 8.42 Å². The molecule has 22 heavy (non-hydrogen) atoms. The maximum Gasteiger partial charge on any atom is 0.243 e. The molecular formula is C15H18N2O3S2. The van der Waals surface area contributed by atoms with E-state index in [-0.39, 0.29) is 6.04 Å². The van der Waals surface area contributed by atoms with Crippen molar-refractivity contribution in [2.24, 2.45) is 0 Å². The number of methoxy groups -OCH3 is 1. The number of hydrogen-bond acceptors (Lipinski definition) is 5. The van der Waals surface area contributed by atoms with Gasteiger partial charge in [0.25, 0.3) is 0 Å². The smallest absolute Gasteiger partial charge is 0.243 e. The highest BCUT2D eigenvalue weighted by Crippen LogP contribution is 2.35. The zero-order valence-electron chi connectivity index (χ0n) is 12.5. The molecule has 118 valence electrons. The molecule has 0 spiro atoms. The lowest BCUT2D eigenvalue weighted by Crippen LogP contribution is -2.33. The fourth-order valence-electron chi connectivity index (χ4n) is 2.40. The fourth-order valence-corrected chi connectivity index (χ4v) is 4.95. The van der Waals surface area contributed by atoms with Gasteiger partial charge in [-0.2, -0.15) is 4.31 Å². The van der Waals surface area contributed by atoms with Gasteiger partial charge >= 0.3 is 0 Å². The summed E-state index contributed by atoms with van der Waals surface area (Å²) in [5.41, 5.74) is 0.698. The SMILES string of the molecule is COc1ccc(S(=O)(=O)N(Cc2nccs2)C2CC2)c(C)c1.